The molecule has 6 nitrogen and oxygen atoms in total. The first-order valence-electron chi connectivity index (χ1n) is 6.21. The van der Waals surface area contributed by atoms with Crippen LogP contribution in [0, 0.1) is 0 Å². The topological polar surface area (TPSA) is 65.4 Å². The Hall–Kier alpha value is -2.21. The molecule has 2 heterocycles. The van der Waals surface area contributed by atoms with Gasteiger partial charge in [0.25, 0.3) is 0 Å². The molecule has 0 aliphatic heterocycles. The van der Waals surface area contributed by atoms with Crippen molar-refractivity contribution >= 4 is 22.0 Å². The van der Waals surface area contributed by atoms with E-state index in [2.05, 4.69) is 24.4 Å². The molecular weight excluding hydrogens is 244 g/mol. The van der Waals surface area contributed by atoms with Gasteiger partial charge in [0.2, 0.25) is 0 Å². The van der Waals surface area contributed by atoms with Crippen LogP contribution in [0.5, 0.6) is 0 Å². The lowest BCUT2D eigenvalue weighted by Crippen LogP contribution is -3.06. The maximum absolute atomic E-state index is 11.9. The van der Waals surface area contributed by atoms with Crippen molar-refractivity contribution < 1.29 is 9.32 Å². The summed E-state index contributed by atoms with van der Waals surface area (Å²) in [6.45, 7) is 1.62. The molecule has 3 aromatic rings. The molecule has 0 saturated carbocycles. The van der Waals surface area contributed by atoms with Gasteiger partial charge in [0.05, 0.1) is 27.2 Å². The van der Waals surface area contributed by atoms with Crippen molar-refractivity contribution in [1.82, 2.24) is 15.0 Å². The summed E-state index contributed by atoms with van der Waals surface area (Å²) in [7, 11) is 4.15. The Balaban J connectivity index is 2.27. The zero-order valence-corrected chi connectivity index (χ0v) is 10.9. The van der Waals surface area contributed by atoms with Gasteiger partial charge in [-0.1, -0.05) is 17.3 Å². The van der Waals surface area contributed by atoms with Gasteiger partial charge in [0.1, 0.15) is 11.1 Å². The molecule has 1 N–H and O–H groups in total. The summed E-state index contributed by atoms with van der Waals surface area (Å²) in [5, 5.41) is 8.89. The summed E-state index contributed by atoms with van der Waals surface area (Å²) in [6.07, 6.45) is 0. The predicted molar refractivity (Wildman–Crippen MR) is 71.2 cm³/mol. The van der Waals surface area contributed by atoms with Crippen LogP contribution in [0.25, 0.3) is 22.0 Å². The van der Waals surface area contributed by atoms with Crippen molar-refractivity contribution in [3.05, 3.63) is 34.7 Å². The fourth-order valence-corrected chi connectivity index (χ4v) is 2.10. The van der Waals surface area contributed by atoms with Gasteiger partial charge in [0.15, 0.2) is 5.52 Å². The lowest BCUT2D eigenvalue weighted by molar-refractivity contribution is -0.859. The number of aromatic nitrogens is 3. The van der Waals surface area contributed by atoms with E-state index < -0.39 is 5.63 Å². The van der Waals surface area contributed by atoms with E-state index in [1.807, 2.05) is 18.2 Å². The van der Waals surface area contributed by atoms with Gasteiger partial charge in [-0.25, -0.2) is 9.48 Å². The van der Waals surface area contributed by atoms with Gasteiger partial charge in [-0.05, 0) is 12.1 Å². The molecule has 0 saturated heterocycles. The van der Waals surface area contributed by atoms with Crippen molar-refractivity contribution in [1.29, 1.82) is 0 Å². The van der Waals surface area contributed by atoms with Gasteiger partial charge in [0, 0.05) is 5.39 Å². The molecule has 2 aromatic heterocycles. The summed E-state index contributed by atoms with van der Waals surface area (Å²) < 4.78 is 7.02. The first-order valence-corrected chi connectivity index (χ1v) is 6.21. The van der Waals surface area contributed by atoms with E-state index >= 15 is 0 Å². The average Bonchev–Trinajstić information content (AvgIpc) is 2.81. The van der Waals surface area contributed by atoms with Crippen LogP contribution in [0.4, 0.5) is 0 Å². The van der Waals surface area contributed by atoms with Crippen LogP contribution < -0.4 is 10.5 Å². The molecule has 0 aliphatic carbocycles. The van der Waals surface area contributed by atoms with Crippen LogP contribution in [0.3, 0.4) is 0 Å². The lowest BCUT2D eigenvalue weighted by Gasteiger charge is -2.07. The van der Waals surface area contributed by atoms with E-state index in [1.54, 1.807) is 10.7 Å². The summed E-state index contributed by atoms with van der Waals surface area (Å²) >= 11 is 0. The molecule has 1 aromatic carbocycles. The van der Waals surface area contributed by atoms with E-state index in [0.29, 0.717) is 17.6 Å². The van der Waals surface area contributed by atoms with E-state index in [4.69, 9.17) is 4.42 Å². The second-order valence-corrected chi connectivity index (χ2v) is 4.85. The van der Waals surface area contributed by atoms with Crippen LogP contribution >= 0.6 is 0 Å². The molecule has 0 aliphatic rings. The number of fused-ring (bicyclic) bond motifs is 3. The fourth-order valence-electron chi connectivity index (χ4n) is 2.10. The van der Waals surface area contributed by atoms with E-state index in [1.165, 1.54) is 4.90 Å². The maximum atomic E-state index is 11.9. The third kappa shape index (κ3) is 2.00. The number of para-hydroxylation sites is 1. The minimum atomic E-state index is -0.433. The quantitative estimate of drug-likeness (QED) is 0.655. The highest BCUT2D eigenvalue weighted by atomic mass is 16.4. The SMILES string of the molecule is C[NH+](C)CCn1nnc2c(=O)oc3ccccc3c21. The molecule has 0 atom stereocenters. The van der Waals surface area contributed by atoms with E-state index in [0.717, 1.165) is 17.4 Å². The predicted octanol–water partition coefficient (Wildman–Crippen LogP) is -0.318. The van der Waals surface area contributed by atoms with Crippen molar-refractivity contribution in [2.75, 3.05) is 20.6 Å². The number of nitrogens with one attached hydrogen (secondary N) is 1. The first kappa shape index (κ1) is 11.9. The molecule has 0 fully saturated rings. The second-order valence-electron chi connectivity index (χ2n) is 4.85. The van der Waals surface area contributed by atoms with E-state index in [9.17, 15) is 4.79 Å². The second kappa shape index (κ2) is 4.47. The Labute approximate surface area is 109 Å². The van der Waals surface area contributed by atoms with Gasteiger partial charge >= 0.3 is 5.63 Å². The molecule has 0 spiro atoms. The summed E-state index contributed by atoms with van der Waals surface area (Å²) in [5.41, 5.74) is 1.19. The standard InChI is InChI=1S/C13H14N4O2/c1-16(2)7-8-17-12-9-5-3-4-6-10(9)19-13(18)11(12)14-15-17/h3-6H,7-8H2,1-2H3/p+1. The summed E-state index contributed by atoms with van der Waals surface area (Å²) in [5.74, 6) is 0. The number of benzene rings is 1. The Kier molecular flexibility index (Phi) is 2.79. The summed E-state index contributed by atoms with van der Waals surface area (Å²) in [6, 6.07) is 7.46. The number of hydrogen-bond donors (Lipinski definition) is 1. The van der Waals surface area contributed by atoms with Crippen LogP contribution in [0.1, 0.15) is 0 Å². The highest BCUT2D eigenvalue weighted by Gasteiger charge is 2.14. The Morgan fingerprint density at radius 2 is 2.11 bits per heavy atom. The van der Waals surface area contributed by atoms with Gasteiger partial charge in [-0.15, -0.1) is 5.10 Å². The molecule has 0 bridgehead atoms. The zero-order chi connectivity index (χ0) is 13.4. The van der Waals surface area contributed by atoms with Gasteiger partial charge < -0.3 is 9.32 Å². The average molecular weight is 259 g/mol. The van der Waals surface area contributed by atoms with Crippen molar-refractivity contribution in [3.8, 4) is 0 Å². The molecule has 0 radical (unpaired) electrons. The smallest absolute Gasteiger partial charge is 0.366 e. The van der Waals surface area contributed by atoms with E-state index in [-0.39, 0.29) is 0 Å². The molecule has 3 rings (SSSR count). The van der Waals surface area contributed by atoms with Crippen LogP contribution in [-0.4, -0.2) is 35.6 Å². The highest BCUT2D eigenvalue weighted by molar-refractivity contribution is 6.00. The van der Waals surface area contributed by atoms with Crippen LogP contribution in [0.2, 0.25) is 0 Å². The minimum absolute atomic E-state index is 0.299. The molecule has 19 heavy (non-hydrogen) atoms. The summed E-state index contributed by atoms with van der Waals surface area (Å²) in [4.78, 5) is 13.2. The zero-order valence-electron chi connectivity index (χ0n) is 10.9. The third-order valence-corrected chi connectivity index (χ3v) is 3.10. The van der Waals surface area contributed by atoms with Crippen molar-refractivity contribution in [2.24, 2.45) is 0 Å². The monoisotopic (exact) mass is 259 g/mol. The Morgan fingerprint density at radius 3 is 2.89 bits per heavy atom. The largest absolute Gasteiger partial charge is 0.421 e. The normalized spacial score (nSPS) is 11.7. The number of nitrogens with zero attached hydrogens (tertiary/aromatic N) is 3. The Morgan fingerprint density at radius 1 is 1.32 bits per heavy atom. The minimum Gasteiger partial charge on any atom is -0.421 e. The van der Waals surface area contributed by atoms with Crippen LogP contribution in [0.15, 0.2) is 33.5 Å². The number of quaternary nitrogens is 1. The molecule has 6 heteroatoms. The first-order chi connectivity index (χ1) is 9.16. The third-order valence-electron chi connectivity index (χ3n) is 3.10. The van der Waals surface area contributed by atoms with Crippen LogP contribution in [-0.2, 0) is 6.54 Å². The number of hydrogen-bond acceptors (Lipinski definition) is 4. The highest BCUT2D eigenvalue weighted by Crippen LogP contribution is 2.20. The number of likely N-dealkylation sites (N-methyl/N-ethyl adjacent to an activating group) is 1. The van der Waals surface area contributed by atoms with Crippen molar-refractivity contribution in [3.63, 3.8) is 0 Å². The maximum Gasteiger partial charge on any atom is 0.366 e. The van der Waals surface area contributed by atoms with Gasteiger partial charge in [-0.2, -0.15) is 0 Å². The van der Waals surface area contributed by atoms with Crippen molar-refractivity contribution in [2.45, 2.75) is 6.54 Å². The molecule has 0 unspecified atom stereocenters. The molecule has 0 amide bonds. The molecular formula is C13H15N4O2+. The number of rotatable bonds is 3. The molecule has 98 valence electrons. The van der Waals surface area contributed by atoms with Gasteiger partial charge in [-0.3, -0.25) is 0 Å². The lowest BCUT2D eigenvalue weighted by atomic mass is 10.2. The Bertz CT molecular complexity index is 788. The fraction of sp³-hybridized carbons (Fsp3) is 0.308.